The standard InChI is InChI=1S/C10H11N5O3S/c1-7-2-4-8(5-3-7)19(17,18)15-14-10-12-9(16)6-11-13-10/h2-6,15H,1H3,(H2,12,13,14,16). The lowest BCUT2D eigenvalue weighted by Crippen LogP contribution is -2.31. The number of aryl methyl sites for hydroxylation is 1. The van der Waals surface area contributed by atoms with Gasteiger partial charge in [0.15, 0.2) is 0 Å². The highest BCUT2D eigenvalue weighted by atomic mass is 32.2. The fraction of sp³-hybridized carbons (Fsp3) is 0.100. The van der Waals surface area contributed by atoms with Gasteiger partial charge in [-0.15, -0.1) is 15.0 Å². The van der Waals surface area contributed by atoms with Crippen molar-refractivity contribution in [1.29, 1.82) is 0 Å². The van der Waals surface area contributed by atoms with E-state index in [-0.39, 0.29) is 10.8 Å². The quantitative estimate of drug-likeness (QED) is 0.667. The topological polar surface area (TPSA) is 117 Å². The number of benzene rings is 1. The van der Waals surface area contributed by atoms with Gasteiger partial charge in [-0.05, 0) is 19.1 Å². The molecule has 0 aliphatic rings. The maximum atomic E-state index is 11.9. The lowest BCUT2D eigenvalue weighted by atomic mass is 10.2. The van der Waals surface area contributed by atoms with Gasteiger partial charge in [0.05, 0.1) is 4.90 Å². The Hall–Kier alpha value is -2.26. The second kappa shape index (κ2) is 5.16. The molecule has 0 atom stereocenters. The minimum Gasteiger partial charge on any atom is -0.289 e. The summed E-state index contributed by atoms with van der Waals surface area (Å²) < 4.78 is 23.8. The third-order valence-corrected chi connectivity index (χ3v) is 3.47. The van der Waals surface area contributed by atoms with E-state index in [1.165, 1.54) is 12.1 Å². The Bertz CT molecular complexity index is 723. The Morgan fingerprint density at radius 3 is 2.53 bits per heavy atom. The molecular formula is C10H11N5O3S. The van der Waals surface area contributed by atoms with Gasteiger partial charge >= 0.3 is 0 Å². The smallest absolute Gasteiger partial charge is 0.271 e. The maximum Gasteiger partial charge on any atom is 0.271 e. The molecule has 0 saturated carbocycles. The van der Waals surface area contributed by atoms with Gasteiger partial charge in [0, 0.05) is 0 Å². The van der Waals surface area contributed by atoms with Gasteiger partial charge < -0.3 is 0 Å². The van der Waals surface area contributed by atoms with E-state index in [0.29, 0.717) is 0 Å². The van der Waals surface area contributed by atoms with E-state index in [4.69, 9.17) is 0 Å². The molecule has 0 aliphatic heterocycles. The van der Waals surface area contributed by atoms with Crippen LogP contribution in [-0.2, 0) is 10.0 Å². The van der Waals surface area contributed by atoms with Crippen molar-refractivity contribution in [1.82, 2.24) is 20.0 Å². The van der Waals surface area contributed by atoms with Gasteiger partial charge in [0.25, 0.3) is 15.6 Å². The summed E-state index contributed by atoms with van der Waals surface area (Å²) in [5.74, 6) is -0.0943. The second-order valence-corrected chi connectivity index (χ2v) is 5.41. The number of aromatic amines is 1. The number of hydrazine groups is 1. The van der Waals surface area contributed by atoms with Crippen LogP contribution >= 0.6 is 0 Å². The van der Waals surface area contributed by atoms with Crippen molar-refractivity contribution >= 4 is 16.0 Å². The fourth-order valence-corrected chi connectivity index (χ4v) is 2.10. The molecule has 0 fully saturated rings. The normalized spacial score (nSPS) is 11.2. The molecule has 9 heteroatoms. The Kier molecular flexibility index (Phi) is 3.58. The van der Waals surface area contributed by atoms with Gasteiger partial charge in [-0.1, -0.05) is 17.7 Å². The molecule has 0 radical (unpaired) electrons. The van der Waals surface area contributed by atoms with Crippen molar-refractivity contribution in [2.45, 2.75) is 11.8 Å². The third-order valence-electron chi connectivity index (χ3n) is 2.21. The first-order valence-corrected chi connectivity index (χ1v) is 6.72. The second-order valence-electron chi connectivity index (χ2n) is 3.73. The summed E-state index contributed by atoms with van der Waals surface area (Å²) in [6.07, 6.45) is 0.972. The monoisotopic (exact) mass is 281 g/mol. The molecule has 0 bridgehead atoms. The number of H-pyrrole nitrogens is 1. The molecule has 8 nitrogen and oxygen atoms in total. The number of hydrogen-bond acceptors (Lipinski definition) is 6. The molecule has 0 saturated heterocycles. The number of rotatable bonds is 4. The van der Waals surface area contributed by atoms with E-state index in [0.717, 1.165) is 11.8 Å². The number of anilines is 1. The predicted octanol–water partition coefficient (Wildman–Crippen LogP) is -0.221. The summed E-state index contributed by atoms with van der Waals surface area (Å²) in [6.45, 7) is 1.85. The van der Waals surface area contributed by atoms with Crippen LogP contribution < -0.4 is 15.8 Å². The van der Waals surface area contributed by atoms with Crippen LogP contribution in [0.4, 0.5) is 5.95 Å². The summed E-state index contributed by atoms with van der Waals surface area (Å²) in [4.78, 5) is 15.4. The number of hydrogen-bond donors (Lipinski definition) is 3. The number of nitrogens with one attached hydrogen (secondary N) is 3. The van der Waals surface area contributed by atoms with Crippen LogP contribution in [0.5, 0.6) is 0 Å². The minimum absolute atomic E-state index is 0.0943. The van der Waals surface area contributed by atoms with E-state index in [2.05, 4.69) is 25.4 Å². The van der Waals surface area contributed by atoms with Crippen LogP contribution in [0.3, 0.4) is 0 Å². The number of nitrogens with zero attached hydrogens (tertiary/aromatic N) is 2. The molecule has 1 aromatic carbocycles. The molecule has 19 heavy (non-hydrogen) atoms. The Balaban J connectivity index is 2.14. The van der Waals surface area contributed by atoms with Gasteiger partial charge in [0.1, 0.15) is 6.20 Å². The molecule has 2 rings (SSSR count). The molecule has 100 valence electrons. The highest BCUT2D eigenvalue weighted by Crippen LogP contribution is 2.09. The SMILES string of the molecule is Cc1ccc(S(=O)(=O)NNc2nncc(=O)[nH]2)cc1. The molecule has 0 aliphatic carbocycles. The molecular weight excluding hydrogens is 270 g/mol. The Morgan fingerprint density at radius 2 is 1.89 bits per heavy atom. The lowest BCUT2D eigenvalue weighted by Gasteiger charge is -2.07. The van der Waals surface area contributed by atoms with Crippen molar-refractivity contribution in [3.8, 4) is 0 Å². The van der Waals surface area contributed by atoms with E-state index in [1.54, 1.807) is 12.1 Å². The summed E-state index contributed by atoms with van der Waals surface area (Å²) in [6, 6.07) is 6.30. The largest absolute Gasteiger partial charge is 0.289 e. The number of aromatic nitrogens is 3. The Morgan fingerprint density at radius 1 is 1.21 bits per heavy atom. The predicted molar refractivity (Wildman–Crippen MR) is 67.8 cm³/mol. The van der Waals surface area contributed by atoms with E-state index in [1.807, 2.05) is 6.92 Å². The maximum absolute atomic E-state index is 11.9. The Labute approximate surface area is 108 Å². The molecule has 0 spiro atoms. The fourth-order valence-electron chi connectivity index (χ4n) is 1.26. The minimum atomic E-state index is -3.74. The molecule has 1 heterocycles. The summed E-state index contributed by atoms with van der Waals surface area (Å²) in [7, 11) is -3.74. The van der Waals surface area contributed by atoms with Gasteiger partial charge in [-0.25, -0.2) is 8.42 Å². The van der Waals surface area contributed by atoms with E-state index in [9.17, 15) is 13.2 Å². The van der Waals surface area contributed by atoms with Crippen molar-refractivity contribution in [3.63, 3.8) is 0 Å². The van der Waals surface area contributed by atoms with Crippen molar-refractivity contribution < 1.29 is 8.42 Å². The number of sulfonamides is 1. The van der Waals surface area contributed by atoms with E-state index < -0.39 is 15.6 Å². The highest BCUT2D eigenvalue weighted by molar-refractivity contribution is 7.89. The molecule has 0 unspecified atom stereocenters. The van der Waals surface area contributed by atoms with E-state index >= 15 is 0 Å². The van der Waals surface area contributed by atoms with Crippen LogP contribution in [-0.4, -0.2) is 23.6 Å². The molecule has 1 aromatic heterocycles. The zero-order valence-corrected chi connectivity index (χ0v) is 10.7. The zero-order valence-electron chi connectivity index (χ0n) is 9.91. The molecule has 2 aromatic rings. The van der Waals surface area contributed by atoms with Crippen molar-refractivity contribution in [2.75, 3.05) is 5.43 Å². The summed E-state index contributed by atoms with van der Waals surface area (Å²) >= 11 is 0. The van der Waals surface area contributed by atoms with Gasteiger partial charge in [-0.3, -0.25) is 15.2 Å². The van der Waals surface area contributed by atoms with Crippen LogP contribution in [0.15, 0.2) is 40.2 Å². The van der Waals surface area contributed by atoms with Gasteiger partial charge in [-0.2, -0.15) is 0 Å². The first kappa shape index (κ1) is 13.2. The third kappa shape index (κ3) is 3.36. The summed E-state index contributed by atoms with van der Waals surface area (Å²) in [5, 5.41) is 6.88. The summed E-state index contributed by atoms with van der Waals surface area (Å²) in [5.41, 5.74) is 2.73. The van der Waals surface area contributed by atoms with Gasteiger partial charge in [0.2, 0.25) is 5.95 Å². The average molecular weight is 281 g/mol. The first-order chi connectivity index (χ1) is 8.97. The molecule has 0 amide bonds. The van der Waals surface area contributed by atoms with Crippen molar-refractivity contribution in [2.24, 2.45) is 0 Å². The van der Waals surface area contributed by atoms with Crippen molar-refractivity contribution in [3.05, 3.63) is 46.4 Å². The van der Waals surface area contributed by atoms with Crippen LogP contribution in [0.2, 0.25) is 0 Å². The first-order valence-electron chi connectivity index (χ1n) is 5.24. The zero-order chi connectivity index (χ0) is 13.9. The van der Waals surface area contributed by atoms with Crippen LogP contribution in [0.1, 0.15) is 5.56 Å². The lowest BCUT2D eigenvalue weighted by molar-refractivity contribution is 0.587. The molecule has 3 N–H and O–H groups in total. The van der Waals surface area contributed by atoms with Crippen LogP contribution in [0, 0.1) is 6.92 Å². The highest BCUT2D eigenvalue weighted by Gasteiger charge is 2.13. The average Bonchev–Trinajstić information content (AvgIpc) is 2.37. The van der Waals surface area contributed by atoms with Crippen LogP contribution in [0.25, 0.3) is 0 Å².